The number of hydrogen-bond donors (Lipinski definition) is 0. The van der Waals surface area contributed by atoms with Crippen LogP contribution in [0.5, 0.6) is 0 Å². The molecule has 0 aliphatic rings. The van der Waals surface area contributed by atoms with Gasteiger partial charge < -0.3 is 5.14 Å². The van der Waals surface area contributed by atoms with E-state index in [-0.39, 0.29) is 59.1 Å². The predicted molar refractivity (Wildman–Crippen MR) is 19.3 cm³/mol. The Kier molecular flexibility index (Phi) is 9.49. The third-order valence-corrected chi connectivity index (χ3v) is 0.914. The molecule has 0 aromatic carbocycles. The van der Waals surface area contributed by atoms with Gasteiger partial charge in [-0.25, -0.2) is 8.42 Å². The van der Waals surface area contributed by atoms with Gasteiger partial charge in [-0.2, -0.15) is 13.2 Å². The van der Waals surface area contributed by atoms with Crippen molar-refractivity contribution in [2.45, 2.75) is 5.51 Å². The van der Waals surface area contributed by atoms with Gasteiger partial charge in [-0.15, -0.1) is 0 Å². The molecule has 0 fully saturated rings. The average Bonchev–Trinajstić information content (AvgIpc) is 1.25. The number of alkyl halides is 3. The summed E-state index contributed by atoms with van der Waals surface area (Å²) in [6.07, 6.45) is 0. The Labute approximate surface area is 100 Å². The molecule has 0 saturated heterocycles. The second kappa shape index (κ2) is 5.36. The number of sulfonamides is 1. The summed E-state index contributed by atoms with van der Waals surface area (Å²) in [5.74, 6) is 0. The Morgan fingerprint density at radius 2 is 1.20 bits per heavy atom. The molecule has 0 radical (unpaired) electrons. The van der Waals surface area contributed by atoms with Crippen LogP contribution in [0.15, 0.2) is 0 Å². The molecule has 0 aliphatic carbocycles. The van der Waals surface area contributed by atoms with Crippen LogP contribution in [0.2, 0.25) is 0 Å². The second-order valence-electron chi connectivity index (χ2n) is 0.949. The quantitative estimate of drug-likeness (QED) is 0.362. The van der Waals surface area contributed by atoms with E-state index in [0.29, 0.717) is 0 Å². The van der Waals surface area contributed by atoms with Crippen LogP contribution in [0.4, 0.5) is 13.2 Å². The fraction of sp³-hybridized carbons (Fsp3) is 1.00. The summed E-state index contributed by atoms with van der Waals surface area (Å²) in [6, 6.07) is 0. The Bertz CT molecular complexity index is 173. The Balaban J connectivity index is -0.000000245. The van der Waals surface area contributed by atoms with E-state index in [9.17, 15) is 21.6 Å². The minimum atomic E-state index is -5.59. The minimum Gasteiger partial charge on any atom is -0.556 e. The number of rotatable bonds is 0. The first-order valence-corrected chi connectivity index (χ1v) is 2.79. The van der Waals surface area contributed by atoms with Crippen molar-refractivity contribution in [3.8, 4) is 0 Å². The van der Waals surface area contributed by atoms with Crippen LogP contribution in [-0.2, 0) is 10.0 Å². The first kappa shape index (κ1) is 17.7. The molecule has 9 heteroatoms. The van der Waals surface area contributed by atoms with Gasteiger partial charge in [0.1, 0.15) is 0 Å². The fourth-order valence-electron chi connectivity index (χ4n) is 0. The molecule has 0 unspecified atom stereocenters. The largest absolute Gasteiger partial charge is 1.00 e. The third kappa shape index (κ3) is 6.41. The summed E-state index contributed by atoms with van der Waals surface area (Å²) in [7, 11) is -5.59. The molecule has 3 nitrogen and oxygen atoms in total. The maximum Gasteiger partial charge on any atom is 1.00 e. The van der Waals surface area contributed by atoms with Gasteiger partial charge in [-0.3, -0.25) is 0 Å². The maximum atomic E-state index is 10.8. The molecular weight excluding hydrogens is 193 g/mol. The standard InChI is InChI=1S/CHF3NO2S.2Na/c2-1(3,4)8(5,6)7;;/h(H-,5,6,7);;/q-1;2*+1. The second-order valence-corrected chi connectivity index (χ2v) is 2.42. The SMILES string of the molecule is [NH-]S(=O)(=O)C(F)(F)F.[Na+].[Na+]. The van der Waals surface area contributed by atoms with Crippen LogP contribution in [-0.4, -0.2) is 13.9 Å². The van der Waals surface area contributed by atoms with Crippen molar-refractivity contribution in [1.29, 1.82) is 0 Å². The van der Waals surface area contributed by atoms with Gasteiger partial charge in [-0.05, 0) is 0 Å². The van der Waals surface area contributed by atoms with E-state index in [1.54, 1.807) is 0 Å². The molecule has 0 aromatic rings. The molecule has 0 spiro atoms. The summed E-state index contributed by atoms with van der Waals surface area (Å²) >= 11 is 0. The summed E-state index contributed by atoms with van der Waals surface area (Å²) in [5.41, 5.74) is -5.42. The van der Waals surface area contributed by atoms with E-state index in [4.69, 9.17) is 5.14 Å². The van der Waals surface area contributed by atoms with E-state index in [1.165, 1.54) is 0 Å². The third-order valence-electron chi connectivity index (χ3n) is 0.305. The topological polar surface area (TPSA) is 57.9 Å². The van der Waals surface area contributed by atoms with E-state index in [1.807, 2.05) is 0 Å². The van der Waals surface area contributed by atoms with Crippen LogP contribution in [0.25, 0.3) is 5.14 Å². The van der Waals surface area contributed by atoms with Crippen molar-refractivity contribution in [3.05, 3.63) is 5.14 Å². The van der Waals surface area contributed by atoms with E-state index in [0.717, 1.165) is 0 Å². The van der Waals surface area contributed by atoms with Gasteiger partial charge in [-0.1, -0.05) is 0 Å². The van der Waals surface area contributed by atoms with Crippen LogP contribution >= 0.6 is 0 Å². The van der Waals surface area contributed by atoms with Crippen molar-refractivity contribution in [2.24, 2.45) is 0 Å². The number of halogens is 3. The normalized spacial score (nSPS) is 11.2. The van der Waals surface area contributed by atoms with Gasteiger partial charge in [0.25, 0.3) is 0 Å². The van der Waals surface area contributed by atoms with Crippen LogP contribution in [0, 0.1) is 0 Å². The predicted octanol–water partition coefficient (Wildman–Crippen LogP) is -5.10. The zero-order valence-electron chi connectivity index (χ0n) is 5.36. The zero-order chi connectivity index (χ0) is 7.00. The maximum absolute atomic E-state index is 10.8. The minimum absolute atomic E-state index is 0. The molecule has 10 heavy (non-hydrogen) atoms. The van der Waals surface area contributed by atoms with Gasteiger partial charge >= 0.3 is 64.6 Å². The molecule has 0 rings (SSSR count). The summed E-state index contributed by atoms with van der Waals surface area (Å²) in [5, 5.41) is 5.43. The monoisotopic (exact) mass is 194 g/mol. The molecule has 50 valence electrons. The molecular formula is CHF3NNa2O2S+. The Hall–Kier alpha value is 1.70. The van der Waals surface area contributed by atoms with Gasteiger partial charge in [0, 0.05) is 0 Å². The van der Waals surface area contributed by atoms with Crippen molar-refractivity contribution in [1.82, 2.24) is 0 Å². The smallest absolute Gasteiger partial charge is 0.556 e. The molecule has 0 atom stereocenters. The number of nitrogens with one attached hydrogen (secondary N) is 1. The molecule has 0 amide bonds. The van der Waals surface area contributed by atoms with Crippen molar-refractivity contribution in [2.75, 3.05) is 0 Å². The van der Waals surface area contributed by atoms with E-state index in [2.05, 4.69) is 0 Å². The molecule has 0 saturated carbocycles. The first-order valence-electron chi connectivity index (χ1n) is 1.31. The molecule has 0 aromatic heterocycles. The van der Waals surface area contributed by atoms with E-state index >= 15 is 0 Å². The molecule has 1 N–H and O–H groups in total. The van der Waals surface area contributed by atoms with Crippen molar-refractivity contribution >= 4 is 10.0 Å². The van der Waals surface area contributed by atoms with Crippen LogP contribution in [0.1, 0.15) is 0 Å². The Morgan fingerprint density at radius 1 is 1.10 bits per heavy atom. The zero-order valence-corrected chi connectivity index (χ0v) is 10.2. The van der Waals surface area contributed by atoms with Gasteiger partial charge in [0.05, 0.1) is 0 Å². The van der Waals surface area contributed by atoms with Crippen molar-refractivity contribution in [3.63, 3.8) is 0 Å². The van der Waals surface area contributed by atoms with Gasteiger partial charge in [0.2, 0.25) is 0 Å². The van der Waals surface area contributed by atoms with Crippen molar-refractivity contribution < 1.29 is 80.7 Å². The molecule has 0 heterocycles. The molecule has 0 aliphatic heterocycles. The van der Waals surface area contributed by atoms with E-state index < -0.39 is 15.5 Å². The average molecular weight is 194 g/mol. The summed E-state index contributed by atoms with van der Waals surface area (Å²) in [4.78, 5) is 0. The van der Waals surface area contributed by atoms with Crippen LogP contribution < -0.4 is 59.1 Å². The van der Waals surface area contributed by atoms with Crippen LogP contribution in [0.3, 0.4) is 0 Å². The number of hydrogen-bond acceptors (Lipinski definition) is 2. The molecule has 0 bridgehead atoms. The Morgan fingerprint density at radius 3 is 1.20 bits per heavy atom. The fourth-order valence-corrected chi connectivity index (χ4v) is 0. The van der Waals surface area contributed by atoms with Gasteiger partial charge in [0.15, 0.2) is 10.0 Å². The summed E-state index contributed by atoms with van der Waals surface area (Å²) in [6.45, 7) is 0. The summed E-state index contributed by atoms with van der Waals surface area (Å²) < 4.78 is 50.8. The first-order chi connectivity index (χ1) is 3.25.